The van der Waals surface area contributed by atoms with Gasteiger partial charge >= 0.3 is 0 Å². The lowest BCUT2D eigenvalue weighted by Gasteiger charge is -2.26. The molecule has 0 radical (unpaired) electrons. The molecule has 3 nitrogen and oxygen atoms in total. The van der Waals surface area contributed by atoms with Crippen LogP contribution >= 0.6 is 11.6 Å². The molecule has 1 aliphatic heterocycles. The second-order valence-electron chi connectivity index (χ2n) is 6.29. The Morgan fingerprint density at radius 1 is 1.25 bits per heavy atom. The quantitative estimate of drug-likeness (QED) is 0.745. The highest BCUT2D eigenvalue weighted by atomic mass is 35.5. The Balaban J connectivity index is 2.23. The van der Waals surface area contributed by atoms with Crippen molar-refractivity contribution >= 4 is 23.1 Å². The smallest absolute Gasteiger partial charge is 0.129 e. The molecule has 0 saturated heterocycles. The minimum absolute atomic E-state index is 0.542. The lowest BCUT2D eigenvalue weighted by molar-refractivity contribution is 0.607. The minimum atomic E-state index is 0.542. The summed E-state index contributed by atoms with van der Waals surface area (Å²) in [5.41, 5.74) is 8.16. The van der Waals surface area contributed by atoms with Crippen molar-refractivity contribution in [2.24, 2.45) is 9.98 Å². The molecular weight excluding hydrogens is 318 g/mol. The maximum absolute atomic E-state index is 6.06. The number of aliphatic imine (C=N–C) groups is 2. The molecule has 2 aliphatic rings. The van der Waals surface area contributed by atoms with Gasteiger partial charge in [-0.2, -0.15) is 0 Å². The van der Waals surface area contributed by atoms with Crippen molar-refractivity contribution in [3.8, 4) is 0 Å². The van der Waals surface area contributed by atoms with Crippen molar-refractivity contribution < 1.29 is 0 Å². The Kier molecular flexibility index (Phi) is 4.46. The fourth-order valence-corrected chi connectivity index (χ4v) is 3.45. The van der Waals surface area contributed by atoms with Crippen molar-refractivity contribution in [3.05, 3.63) is 69.5 Å². The monoisotopic (exact) mass is 339 g/mol. The molecule has 0 aromatic heterocycles. The first-order valence-electron chi connectivity index (χ1n) is 8.06. The van der Waals surface area contributed by atoms with E-state index >= 15 is 0 Å². The Morgan fingerprint density at radius 3 is 2.50 bits per heavy atom. The van der Waals surface area contributed by atoms with Gasteiger partial charge in [0, 0.05) is 41.0 Å². The molecule has 0 fully saturated rings. The summed E-state index contributed by atoms with van der Waals surface area (Å²) >= 11 is 6.06. The van der Waals surface area contributed by atoms with E-state index < -0.39 is 0 Å². The van der Waals surface area contributed by atoms with Gasteiger partial charge in [-0.05, 0) is 38.5 Å². The van der Waals surface area contributed by atoms with E-state index in [2.05, 4.69) is 30.3 Å². The standard InChI is InChI=1S/C20H22ClN3/c1-12(2)24-17-10-13(3)14(4)19(17)20(23-11-18(24)22-5)15-6-8-16(21)9-7-15/h6-9H,1,10-11H2,2-5H3. The molecule has 1 aliphatic carbocycles. The predicted molar refractivity (Wildman–Crippen MR) is 103 cm³/mol. The van der Waals surface area contributed by atoms with Crippen molar-refractivity contribution in [1.82, 2.24) is 4.90 Å². The average Bonchev–Trinajstić information content (AvgIpc) is 2.74. The van der Waals surface area contributed by atoms with Gasteiger partial charge in [0.1, 0.15) is 5.84 Å². The topological polar surface area (TPSA) is 28.0 Å². The third kappa shape index (κ3) is 2.73. The van der Waals surface area contributed by atoms with Crippen LogP contribution in [0.5, 0.6) is 0 Å². The number of allylic oxidation sites excluding steroid dienone is 4. The second-order valence-corrected chi connectivity index (χ2v) is 6.72. The molecule has 1 aromatic rings. The Morgan fingerprint density at radius 2 is 1.92 bits per heavy atom. The van der Waals surface area contributed by atoms with Crippen molar-refractivity contribution in [1.29, 1.82) is 0 Å². The summed E-state index contributed by atoms with van der Waals surface area (Å²) in [6, 6.07) is 7.89. The lowest BCUT2D eigenvalue weighted by atomic mass is 9.97. The van der Waals surface area contributed by atoms with Gasteiger partial charge in [-0.3, -0.25) is 9.98 Å². The van der Waals surface area contributed by atoms with Crippen LogP contribution < -0.4 is 0 Å². The Hall–Kier alpha value is -2.13. The summed E-state index contributed by atoms with van der Waals surface area (Å²) in [4.78, 5) is 11.5. The number of halogens is 1. The first-order valence-corrected chi connectivity index (χ1v) is 8.43. The van der Waals surface area contributed by atoms with Crippen molar-refractivity contribution in [3.63, 3.8) is 0 Å². The maximum atomic E-state index is 6.06. The number of rotatable bonds is 2. The van der Waals surface area contributed by atoms with Gasteiger partial charge < -0.3 is 4.90 Å². The fraction of sp³-hybridized carbons (Fsp3) is 0.300. The summed E-state index contributed by atoms with van der Waals surface area (Å²) in [7, 11) is 1.82. The van der Waals surface area contributed by atoms with Crippen LogP contribution in [-0.4, -0.2) is 30.0 Å². The van der Waals surface area contributed by atoms with E-state index in [9.17, 15) is 0 Å². The fourth-order valence-electron chi connectivity index (χ4n) is 3.33. The highest BCUT2D eigenvalue weighted by Gasteiger charge is 2.32. The van der Waals surface area contributed by atoms with Crippen LogP contribution in [0.3, 0.4) is 0 Å². The first-order chi connectivity index (χ1) is 11.4. The van der Waals surface area contributed by atoms with Gasteiger partial charge in [0.05, 0.1) is 12.3 Å². The normalized spacial score (nSPS) is 19.6. The van der Waals surface area contributed by atoms with Crippen molar-refractivity contribution in [2.45, 2.75) is 27.2 Å². The maximum Gasteiger partial charge on any atom is 0.129 e. The molecule has 0 spiro atoms. The van der Waals surface area contributed by atoms with Crippen molar-refractivity contribution in [2.75, 3.05) is 13.6 Å². The van der Waals surface area contributed by atoms with E-state index in [1.807, 2.05) is 38.2 Å². The first kappa shape index (κ1) is 16.7. The Bertz CT molecular complexity index is 823. The zero-order valence-electron chi connectivity index (χ0n) is 14.7. The molecule has 0 bridgehead atoms. The highest BCUT2D eigenvalue weighted by Crippen LogP contribution is 2.39. The molecule has 124 valence electrons. The number of hydrogen-bond acceptors (Lipinski definition) is 2. The van der Waals surface area contributed by atoms with E-state index in [0.717, 1.165) is 34.3 Å². The van der Waals surface area contributed by atoms with Gasteiger partial charge in [0.15, 0.2) is 0 Å². The minimum Gasteiger partial charge on any atom is -0.305 e. The molecular formula is C20H22ClN3. The highest BCUT2D eigenvalue weighted by molar-refractivity contribution is 6.30. The van der Waals surface area contributed by atoms with Crippen LogP contribution in [0.1, 0.15) is 32.8 Å². The van der Waals surface area contributed by atoms with Gasteiger partial charge in [-0.25, -0.2) is 0 Å². The van der Waals surface area contributed by atoms with Gasteiger partial charge in [-0.1, -0.05) is 35.9 Å². The molecule has 24 heavy (non-hydrogen) atoms. The summed E-state index contributed by atoms with van der Waals surface area (Å²) in [5, 5.41) is 0.733. The number of amidine groups is 1. The van der Waals surface area contributed by atoms with Crippen LogP contribution in [0, 0.1) is 0 Å². The molecule has 1 heterocycles. The zero-order valence-corrected chi connectivity index (χ0v) is 15.4. The SMILES string of the molecule is C=C(C)N1C(=NC)CN=C(c2ccc(Cl)cc2)C2=C1CC(C)=C2C. The molecule has 3 rings (SSSR count). The van der Waals surface area contributed by atoms with E-state index in [1.54, 1.807) is 0 Å². The summed E-state index contributed by atoms with van der Waals surface area (Å²) in [6.07, 6.45) is 0.902. The van der Waals surface area contributed by atoms with E-state index in [4.69, 9.17) is 16.6 Å². The molecule has 0 amide bonds. The number of benzene rings is 1. The van der Waals surface area contributed by atoms with Crippen LogP contribution in [-0.2, 0) is 0 Å². The Labute approximate surface area is 148 Å². The van der Waals surface area contributed by atoms with E-state index in [-0.39, 0.29) is 0 Å². The van der Waals surface area contributed by atoms with Crippen LogP contribution in [0.4, 0.5) is 0 Å². The number of hydrogen-bond donors (Lipinski definition) is 0. The molecule has 1 aromatic carbocycles. The van der Waals surface area contributed by atoms with Crippen LogP contribution in [0.25, 0.3) is 0 Å². The van der Waals surface area contributed by atoms with E-state index in [0.29, 0.717) is 6.54 Å². The lowest BCUT2D eigenvalue weighted by Crippen LogP contribution is -2.29. The average molecular weight is 340 g/mol. The molecule has 0 saturated carbocycles. The summed E-state index contributed by atoms with van der Waals surface area (Å²) in [6.45, 7) is 11.1. The summed E-state index contributed by atoms with van der Waals surface area (Å²) < 4.78 is 0. The summed E-state index contributed by atoms with van der Waals surface area (Å²) in [5.74, 6) is 0.932. The van der Waals surface area contributed by atoms with Gasteiger partial charge in [0.25, 0.3) is 0 Å². The molecule has 0 atom stereocenters. The molecule has 0 unspecified atom stereocenters. The van der Waals surface area contributed by atoms with E-state index in [1.165, 1.54) is 22.4 Å². The molecule has 4 heteroatoms. The predicted octanol–water partition coefficient (Wildman–Crippen LogP) is 5.00. The molecule has 0 N–H and O–H groups in total. The van der Waals surface area contributed by atoms with Gasteiger partial charge in [-0.15, -0.1) is 0 Å². The number of nitrogens with zero attached hydrogens (tertiary/aromatic N) is 3. The van der Waals surface area contributed by atoms with Crippen LogP contribution in [0.15, 0.2) is 68.9 Å². The van der Waals surface area contributed by atoms with Gasteiger partial charge in [0.2, 0.25) is 0 Å². The third-order valence-electron chi connectivity index (χ3n) is 4.64. The zero-order chi connectivity index (χ0) is 17.4. The third-order valence-corrected chi connectivity index (χ3v) is 4.89. The van der Waals surface area contributed by atoms with Crippen LogP contribution in [0.2, 0.25) is 5.02 Å². The second kappa shape index (κ2) is 6.40. The largest absolute Gasteiger partial charge is 0.305 e.